The third kappa shape index (κ3) is 4.32. The quantitative estimate of drug-likeness (QED) is 0.430. The third-order valence-electron chi connectivity index (χ3n) is 4.81. The molecule has 1 N–H and O–H groups in total. The zero-order valence-corrected chi connectivity index (χ0v) is 17.5. The van der Waals surface area contributed by atoms with Gasteiger partial charge in [-0.2, -0.15) is 18.3 Å². The van der Waals surface area contributed by atoms with Crippen molar-refractivity contribution >= 4 is 27.7 Å². The van der Waals surface area contributed by atoms with Gasteiger partial charge >= 0.3 is 6.18 Å². The van der Waals surface area contributed by atoms with Crippen molar-refractivity contribution in [3.63, 3.8) is 0 Å². The fourth-order valence-corrected chi connectivity index (χ4v) is 4.01. The van der Waals surface area contributed by atoms with Crippen molar-refractivity contribution in [2.75, 3.05) is 4.72 Å². The lowest BCUT2D eigenvalue weighted by Gasteiger charge is -2.12. The summed E-state index contributed by atoms with van der Waals surface area (Å²) < 4.78 is 56.9. The Morgan fingerprint density at radius 1 is 1.03 bits per heavy atom. The van der Waals surface area contributed by atoms with Crippen LogP contribution in [0.25, 0.3) is 16.6 Å². The van der Waals surface area contributed by atoms with E-state index in [0.29, 0.717) is 27.4 Å². The van der Waals surface area contributed by atoms with E-state index in [9.17, 15) is 17.4 Å². The van der Waals surface area contributed by atoms with Crippen LogP contribution in [-0.4, -0.2) is 19.0 Å². The molecule has 0 aliphatic heterocycles. The molecule has 2 heterocycles. The predicted octanol–water partition coefficient (Wildman–Crippen LogP) is 5.70. The number of rotatable bonds is 5. The smallest absolute Gasteiger partial charge is 0.285 e. The second-order valence-corrected chi connectivity index (χ2v) is 8.48. The lowest BCUT2D eigenvalue weighted by molar-refractivity contribution is -0.141. The van der Waals surface area contributed by atoms with Gasteiger partial charge in [-0.05, 0) is 47.9 Å². The molecule has 2 aromatic heterocycles. The highest BCUT2D eigenvalue weighted by Crippen LogP contribution is 2.33. The highest BCUT2D eigenvalue weighted by Gasteiger charge is 2.35. The van der Waals surface area contributed by atoms with E-state index in [1.807, 2.05) is 26.0 Å². The lowest BCUT2D eigenvalue weighted by atomic mass is 10.0. The van der Waals surface area contributed by atoms with Gasteiger partial charge in [-0.3, -0.25) is 9.71 Å². The standard InChI is InChI=1S/C22H19F3N4OS/c1-14(2)15-8-10-16(11-9-15)31(30)28-21-13-20(22(23,24)25)27-29(21)19-7-3-6-18-17(19)5-4-12-26-18/h3-14,28H,1-2H3. The fraction of sp³-hybridized carbons (Fsp3) is 0.182. The Morgan fingerprint density at radius 3 is 2.45 bits per heavy atom. The minimum absolute atomic E-state index is 0.0325. The van der Waals surface area contributed by atoms with Gasteiger partial charge < -0.3 is 0 Å². The Hall–Kier alpha value is -3.20. The predicted molar refractivity (Wildman–Crippen MR) is 114 cm³/mol. The molecule has 0 aliphatic rings. The number of halogens is 3. The Balaban J connectivity index is 1.77. The first-order chi connectivity index (χ1) is 14.7. The minimum Gasteiger partial charge on any atom is -0.285 e. The van der Waals surface area contributed by atoms with Crippen LogP contribution in [0.3, 0.4) is 0 Å². The van der Waals surface area contributed by atoms with Gasteiger partial charge in [0.25, 0.3) is 0 Å². The van der Waals surface area contributed by atoms with Crippen molar-refractivity contribution in [3.8, 4) is 5.69 Å². The van der Waals surface area contributed by atoms with Crippen LogP contribution in [-0.2, 0) is 17.2 Å². The number of hydrogen-bond donors (Lipinski definition) is 1. The maximum Gasteiger partial charge on any atom is 0.435 e. The van der Waals surface area contributed by atoms with Crippen LogP contribution < -0.4 is 4.72 Å². The molecule has 4 rings (SSSR count). The zero-order valence-electron chi connectivity index (χ0n) is 16.7. The number of nitrogens with zero attached hydrogens (tertiary/aromatic N) is 3. The van der Waals surface area contributed by atoms with E-state index >= 15 is 0 Å². The maximum absolute atomic E-state index is 13.4. The molecule has 0 amide bonds. The van der Waals surface area contributed by atoms with Gasteiger partial charge in [0.15, 0.2) is 16.7 Å². The second-order valence-electron chi connectivity index (χ2n) is 7.27. The Labute approximate surface area is 179 Å². The molecule has 0 saturated carbocycles. The van der Waals surface area contributed by atoms with Gasteiger partial charge in [-0.25, -0.2) is 8.89 Å². The number of benzene rings is 2. The molecule has 0 radical (unpaired) electrons. The van der Waals surface area contributed by atoms with Crippen molar-refractivity contribution < 1.29 is 17.4 Å². The monoisotopic (exact) mass is 444 g/mol. The molecular formula is C22H19F3N4OS. The van der Waals surface area contributed by atoms with E-state index < -0.39 is 22.9 Å². The Bertz CT molecular complexity index is 1240. The fourth-order valence-electron chi connectivity index (χ4n) is 3.18. The van der Waals surface area contributed by atoms with Gasteiger partial charge in [-0.15, -0.1) is 0 Å². The van der Waals surface area contributed by atoms with Crippen LogP contribution in [0.5, 0.6) is 0 Å². The maximum atomic E-state index is 13.4. The topological polar surface area (TPSA) is 59.8 Å². The summed E-state index contributed by atoms with van der Waals surface area (Å²) in [4.78, 5) is 4.69. The molecule has 0 spiro atoms. The van der Waals surface area contributed by atoms with E-state index in [0.717, 1.165) is 16.3 Å². The third-order valence-corrected chi connectivity index (χ3v) is 5.90. The molecule has 5 nitrogen and oxygen atoms in total. The first-order valence-electron chi connectivity index (χ1n) is 9.54. The second kappa shape index (κ2) is 8.14. The molecule has 1 unspecified atom stereocenters. The summed E-state index contributed by atoms with van der Waals surface area (Å²) in [7, 11) is -1.78. The molecule has 4 aromatic rings. The number of hydrogen-bond acceptors (Lipinski definition) is 3. The number of anilines is 1. The SMILES string of the molecule is CC(C)c1ccc(S(=O)Nc2cc(C(F)(F)F)nn2-c2cccc3ncccc23)cc1. The summed E-state index contributed by atoms with van der Waals surface area (Å²) >= 11 is 0. The first kappa shape index (κ1) is 21.0. The molecule has 0 bridgehead atoms. The summed E-state index contributed by atoms with van der Waals surface area (Å²) in [5, 5.41) is 4.37. The van der Waals surface area contributed by atoms with Crippen molar-refractivity contribution in [2.45, 2.75) is 30.8 Å². The van der Waals surface area contributed by atoms with Gasteiger partial charge in [0, 0.05) is 17.6 Å². The van der Waals surface area contributed by atoms with Gasteiger partial charge in [-0.1, -0.05) is 32.0 Å². The van der Waals surface area contributed by atoms with Crippen LogP contribution in [0.2, 0.25) is 0 Å². The number of aromatic nitrogens is 3. The largest absolute Gasteiger partial charge is 0.435 e. The minimum atomic E-state index is -4.65. The molecule has 0 fully saturated rings. The normalized spacial score (nSPS) is 13.0. The van der Waals surface area contributed by atoms with E-state index in [-0.39, 0.29) is 5.82 Å². The highest BCUT2D eigenvalue weighted by molar-refractivity contribution is 7.86. The summed E-state index contributed by atoms with van der Waals surface area (Å²) in [5.41, 5.74) is 1.01. The van der Waals surface area contributed by atoms with Gasteiger partial charge in [0.05, 0.1) is 16.1 Å². The van der Waals surface area contributed by atoms with Crippen molar-refractivity contribution in [1.29, 1.82) is 0 Å². The van der Waals surface area contributed by atoms with Crippen LogP contribution in [0.4, 0.5) is 19.0 Å². The molecule has 0 aliphatic carbocycles. The average Bonchev–Trinajstić information content (AvgIpc) is 3.17. The van der Waals surface area contributed by atoms with Gasteiger partial charge in [0.1, 0.15) is 5.82 Å². The molecular weight excluding hydrogens is 425 g/mol. The van der Waals surface area contributed by atoms with E-state index in [4.69, 9.17) is 0 Å². The first-order valence-corrected chi connectivity index (χ1v) is 10.7. The van der Waals surface area contributed by atoms with Crippen molar-refractivity contribution in [3.05, 3.63) is 78.1 Å². The molecule has 0 saturated heterocycles. The summed E-state index contributed by atoms with van der Waals surface area (Å²) in [6, 6.07) is 16.5. The van der Waals surface area contributed by atoms with Gasteiger partial charge in [0.2, 0.25) is 0 Å². The summed E-state index contributed by atoms with van der Waals surface area (Å²) in [6.07, 6.45) is -3.05. The number of nitrogens with one attached hydrogen (secondary N) is 1. The van der Waals surface area contributed by atoms with E-state index in [2.05, 4.69) is 14.8 Å². The summed E-state index contributed by atoms with van der Waals surface area (Å²) in [6.45, 7) is 4.08. The van der Waals surface area contributed by atoms with Crippen molar-refractivity contribution in [2.24, 2.45) is 0 Å². The zero-order chi connectivity index (χ0) is 22.2. The molecule has 9 heteroatoms. The van der Waals surface area contributed by atoms with Crippen LogP contribution in [0, 0.1) is 0 Å². The van der Waals surface area contributed by atoms with Crippen LogP contribution in [0.1, 0.15) is 31.0 Å². The average molecular weight is 444 g/mol. The molecule has 2 aromatic carbocycles. The Kier molecular flexibility index (Phi) is 5.53. The lowest BCUT2D eigenvalue weighted by Crippen LogP contribution is -2.10. The number of fused-ring (bicyclic) bond motifs is 1. The number of pyridine rings is 1. The molecule has 1 atom stereocenters. The molecule has 160 valence electrons. The van der Waals surface area contributed by atoms with Crippen LogP contribution >= 0.6 is 0 Å². The van der Waals surface area contributed by atoms with E-state index in [1.165, 1.54) is 0 Å². The Morgan fingerprint density at radius 2 is 1.77 bits per heavy atom. The summed E-state index contributed by atoms with van der Waals surface area (Å²) in [5.74, 6) is 0.279. The number of alkyl halides is 3. The van der Waals surface area contributed by atoms with E-state index in [1.54, 1.807) is 48.7 Å². The highest BCUT2D eigenvalue weighted by atomic mass is 32.2. The molecule has 31 heavy (non-hydrogen) atoms. The van der Waals surface area contributed by atoms with Crippen LogP contribution in [0.15, 0.2) is 71.8 Å². The van der Waals surface area contributed by atoms with Crippen molar-refractivity contribution in [1.82, 2.24) is 14.8 Å².